The third-order valence-corrected chi connectivity index (χ3v) is 4.65. The van der Waals surface area contributed by atoms with E-state index in [2.05, 4.69) is 26.1 Å². The molecule has 0 spiro atoms. The van der Waals surface area contributed by atoms with E-state index in [0.29, 0.717) is 17.0 Å². The highest BCUT2D eigenvalue weighted by Gasteiger charge is 2.32. The molecule has 0 radical (unpaired) electrons. The van der Waals surface area contributed by atoms with Crippen molar-refractivity contribution in [1.82, 2.24) is 5.32 Å². The minimum absolute atomic E-state index is 0.103. The summed E-state index contributed by atoms with van der Waals surface area (Å²) in [6.07, 6.45) is 5.14. The highest BCUT2D eigenvalue weighted by atomic mass is 19.1. The van der Waals surface area contributed by atoms with Gasteiger partial charge < -0.3 is 5.32 Å². The largest absolute Gasteiger partial charge is 0.307 e. The number of benzene rings is 1. The second kappa shape index (κ2) is 5.62. The minimum atomic E-state index is -0.103. The van der Waals surface area contributed by atoms with Gasteiger partial charge in [0.1, 0.15) is 5.82 Å². The molecule has 19 heavy (non-hydrogen) atoms. The lowest BCUT2D eigenvalue weighted by molar-refractivity contribution is 0.157. The number of rotatable bonds is 3. The summed E-state index contributed by atoms with van der Waals surface area (Å²) in [5.74, 6) is -0.103. The van der Waals surface area contributed by atoms with E-state index >= 15 is 0 Å². The van der Waals surface area contributed by atoms with Crippen LogP contribution < -0.4 is 5.32 Å². The molecule has 0 amide bonds. The molecular formula is C17H26FN. The molecule has 106 valence electrons. The molecule has 0 bridgehead atoms. The lowest BCUT2D eigenvalue weighted by Gasteiger charge is -2.41. The van der Waals surface area contributed by atoms with Crippen molar-refractivity contribution in [2.45, 2.75) is 65.5 Å². The van der Waals surface area contributed by atoms with Crippen molar-refractivity contribution >= 4 is 0 Å². The van der Waals surface area contributed by atoms with Crippen LogP contribution in [0.5, 0.6) is 0 Å². The highest BCUT2D eigenvalue weighted by molar-refractivity contribution is 5.25. The first-order valence-corrected chi connectivity index (χ1v) is 7.42. The first-order valence-electron chi connectivity index (χ1n) is 7.42. The quantitative estimate of drug-likeness (QED) is 0.829. The SMILES string of the molecule is Cc1ccc(C(C)NC2CCCCC2(C)C)cc1F. The molecule has 1 aromatic carbocycles. The molecule has 1 fully saturated rings. The molecule has 2 rings (SSSR count). The Morgan fingerprint density at radius 2 is 2.05 bits per heavy atom. The maximum absolute atomic E-state index is 13.6. The molecule has 1 N–H and O–H groups in total. The van der Waals surface area contributed by atoms with Crippen molar-refractivity contribution in [1.29, 1.82) is 0 Å². The van der Waals surface area contributed by atoms with Gasteiger partial charge in [0.05, 0.1) is 0 Å². The Bertz CT molecular complexity index is 439. The minimum Gasteiger partial charge on any atom is -0.307 e. The van der Waals surface area contributed by atoms with Crippen molar-refractivity contribution in [3.63, 3.8) is 0 Å². The van der Waals surface area contributed by atoms with Crippen LogP contribution in [0.25, 0.3) is 0 Å². The maximum atomic E-state index is 13.6. The van der Waals surface area contributed by atoms with Gasteiger partial charge in [-0.3, -0.25) is 0 Å². The zero-order chi connectivity index (χ0) is 14.0. The lowest BCUT2D eigenvalue weighted by atomic mass is 9.73. The van der Waals surface area contributed by atoms with Gasteiger partial charge >= 0.3 is 0 Å². The van der Waals surface area contributed by atoms with Crippen LogP contribution in [0.2, 0.25) is 0 Å². The third kappa shape index (κ3) is 3.36. The zero-order valence-electron chi connectivity index (χ0n) is 12.6. The van der Waals surface area contributed by atoms with Crippen LogP contribution in [0.4, 0.5) is 4.39 Å². The molecule has 1 aromatic rings. The van der Waals surface area contributed by atoms with Gasteiger partial charge in [0.2, 0.25) is 0 Å². The summed E-state index contributed by atoms with van der Waals surface area (Å²) in [5, 5.41) is 3.71. The molecule has 2 unspecified atom stereocenters. The van der Waals surface area contributed by atoms with E-state index in [1.165, 1.54) is 25.7 Å². The molecule has 1 saturated carbocycles. The maximum Gasteiger partial charge on any atom is 0.126 e. The van der Waals surface area contributed by atoms with Gasteiger partial charge in [0, 0.05) is 12.1 Å². The summed E-state index contributed by atoms with van der Waals surface area (Å²) in [5.41, 5.74) is 2.11. The summed E-state index contributed by atoms with van der Waals surface area (Å²) in [7, 11) is 0. The van der Waals surface area contributed by atoms with E-state index in [0.717, 1.165) is 5.56 Å². The molecule has 2 atom stereocenters. The van der Waals surface area contributed by atoms with E-state index < -0.39 is 0 Å². The fourth-order valence-electron chi connectivity index (χ4n) is 3.08. The molecule has 0 aromatic heterocycles. The van der Waals surface area contributed by atoms with E-state index in [9.17, 15) is 4.39 Å². The Hall–Kier alpha value is -0.890. The number of halogens is 1. The van der Waals surface area contributed by atoms with Gasteiger partial charge in [-0.15, -0.1) is 0 Å². The van der Waals surface area contributed by atoms with Crippen LogP contribution in [-0.4, -0.2) is 6.04 Å². The van der Waals surface area contributed by atoms with Gasteiger partial charge in [0.15, 0.2) is 0 Å². The Labute approximate surface area is 116 Å². The Balaban J connectivity index is 2.07. The molecular weight excluding hydrogens is 237 g/mol. The average Bonchev–Trinajstić information content (AvgIpc) is 2.35. The number of hydrogen-bond acceptors (Lipinski definition) is 1. The predicted octanol–water partition coefficient (Wildman–Crippen LogP) is 4.75. The smallest absolute Gasteiger partial charge is 0.126 e. The highest BCUT2D eigenvalue weighted by Crippen LogP contribution is 2.36. The summed E-state index contributed by atoms with van der Waals surface area (Å²) in [6.45, 7) is 8.62. The second-order valence-electron chi connectivity index (χ2n) is 6.68. The van der Waals surface area contributed by atoms with Crippen LogP contribution in [0.3, 0.4) is 0 Å². The van der Waals surface area contributed by atoms with Crippen molar-refractivity contribution in [2.75, 3.05) is 0 Å². The van der Waals surface area contributed by atoms with E-state index in [4.69, 9.17) is 0 Å². The molecule has 0 saturated heterocycles. The van der Waals surface area contributed by atoms with Gasteiger partial charge in [-0.25, -0.2) is 4.39 Å². The standard InChI is InChI=1S/C17H26FN/c1-12-8-9-14(11-15(12)18)13(2)19-16-7-5-6-10-17(16,3)4/h8-9,11,13,16,19H,5-7,10H2,1-4H3. The van der Waals surface area contributed by atoms with Crippen LogP contribution in [0, 0.1) is 18.2 Å². The molecule has 1 aliphatic rings. The molecule has 1 aliphatic carbocycles. The van der Waals surface area contributed by atoms with Gasteiger partial charge in [-0.05, 0) is 49.3 Å². The van der Waals surface area contributed by atoms with Crippen LogP contribution >= 0.6 is 0 Å². The molecule has 0 heterocycles. The van der Waals surface area contributed by atoms with Crippen LogP contribution in [0.1, 0.15) is 63.6 Å². The summed E-state index contributed by atoms with van der Waals surface area (Å²) < 4.78 is 13.6. The van der Waals surface area contributed by atoms with E-state index in [1.807, 2.05) is 12.1 Å². The second-order valence-corrected chi connectivity index (χ2v) is 6.68. The van der Waals surface area contributed by atoms with Crippen LogP contribution in [0.15, 0.2) is 18.2 Å². The summed E-state index contributed by atoms with van der Waals surface area (Å²) in [6, 6.07) is 6.31. The normalized spacial score (nSPS) is 24.2. The van der Waals surface area contributed by atoms with Crippen molar-refractivity contribution in [2.24, 2.45) is 5.41 Å². The Morgan fingerprint density at radius 3 is 2.68 bits per heavy atom. The van der Waals surface area contributed by atoms with Crippen molar-refractivity contribution < 1.29 is 4.39 Å². The first kappa shape index (κ1) is 14.5. The first-order chi connectivity index (χ1) is 8.90. The predicted molar refractivity (Wildman–Crippen MR) is 78.7 cm³/mol. The van der Waals surface area contributed by atoms with E-state index in [-0.39, 0.29) is 11.9 Å². The van der Waals surface area contributed by atoms with Gasteiger partial charge in [-0.1, -0.05) is 38.8 Å². The monoisotopic (exact) mass is 263 g/mol. The Morgan fingerprint density at radius 1 is 1.32 bits per heavy atom. The zero-order valence-corrected chi connectivity index (χ0v) is 12.6. The number of aryl methyl sites for hydroxylation is 1. The summed E-state index contributed by atoms with van der Waals surface area (Å²) >= 11 is 0. The molecule has 2 heteroatoms. The van der Waals surface area contributed by atoms with Gasteiger partial charge in [0.25, 0.3) is 0 Å². The van der Waals surface area contributed by atoms with Crippen LogP contribution in [-0.2, 0) is 0 Å². The number of hydrogen-bond donors (Lipinski definition) is 1. The Kier molecular flexibility index (Phi) is 4.29. The van der Waals surface area contributed by atoms with Crippen molar-refractivity contribution in [3.05, 3.63) is 35.1 Å². The molecule has 0 aliphatic heterocycles. The number of nitrogens with one attached hydrogen (secondary N) is 1. The lowest BCUT2D eigenvalue weighted by Crippen LogP contribution is -2.45. The fourth-order valence-corrected chi connectivity index (χ4v) is 3.08. The third-order valence-electron chi connectivity index (χ3n) is 4.65. The molecule has 1 nitrogen and oxygen atoms in total. The van der Waals surface area contributed by atoms with E-state index in [1.54, 1.807) is 13.0 Å². The summed E-state index contributed by atoms with van der Waals surface area (Å²) in [4.78, 5) is 0. The fraction of sp³-hybridized carbons (Fsp3) is 0.647. The van der Waals surface area contributed by atoms with Crippen molar-refractivity contribution in [3.8, 4) is 0 Å². The van der Waals surface area contributed by atoms with Gasteiger partial charge in [-0.2, -0.15) is 0 Å². The topological polar surface area (TPSA) is 12.0 Å². The average molecular weight is 263 g/mol.